The van der Waals surface area contributed by atoms with Gasteiger partial charge in [0.15, 0.2) is 9.84 Å². The van der Waals surface area contributed by atoms with Crippen LogP contribution in [0.1, 0.15) is 19.3 Å². The molecule has 0 bridgehead atoms. The summed E-state index contributed by atoms with van der Waals surface area (Å²) in [6.07, 6.45) is 2.11. The Balaban J connectivity index is 1.66. The van der Waals surface area contributed by atoms with Gasteiger partial charge in [0, 0.05) is 19.0 Å². The molecule has 2 fully saturated rings. The molecular weight excluding hydrogens is 331 g/mol. The number of amides is 1. The molecule has 1 unspecified atom stereocenters. The molecule has 0 aliphatic carbocycles. The van der Waals surface area contributed by atoms with Crippen LogP contribution in [-0.2, 0) is 14.6 Å². The van der Waals surface area contributed by atoms with Crippen LogP contribution in [0.25, 0.3) is 0 Å². The maximum absolute atomic E-state index is 13.0. The summed E-state index contributed by atoms with van der Waals surface area (Å²) >= 11 is 0. The summed E-state index contributed by atoms with van der Waals surface area (Å²) in [6.45, 7) is 2.53. The SMILES string of the molecule is CN1CCC(C(=O)N2CCC(S(=O)(=O)c3ccc(F)cc3)C2)CC1. The highest BCUT2D eigenvalue weighted by Gasteiger charge is 2.38. The van der Waals surface area contributed by atoms with Crippen LogP contribution in [-0.4, -0.2) is 62.6 Å². The molecule has 3 rings (SSSR count). The van der Waals surface area contributed by atoms with E-state index in [-0.39, 0.29) is 23.3 Å². The van der Waals surface area contributed by atoms with Crippen molar-refractivity contribution in [2.45, 2.75) is 29.4 Å². The number of benzene rings is 1. The maximum atomic E-state index is 13.0. The van der Waals surface area contributed by atoms with E-state index in [1.807, 2.05) is 7.05 Å². The van der Waals surface area contributed by atoms with Gasteiger partial charge in [0.1, 0.15) is 5.82 Å². The third-order valence-corrected chi connectivity index (χ3v) is 7.30. The highest BCUT2D eigenvalue weighted by molar-refractivity contribution is 7.92. The van der Waals surface area contributed by atoms with E-state index in [0.29, 0.717) is 13.0 Å². The van der Waals surface area contributed by atoms with Gasteiger partial charge >= 0.3 is 0 Å². The number of hydrogen-bond acceptors (Lipinski definition) is 4. The lowest BCUT2D eigenvalue weighted by molar-refractivity contribution is -0.135. The molecule has 1 aromatic rings. The van der Waals surface area contributed by atoms with Gasteiger partial charge in [-0.15, -0.1) is 0 Å². The Kier molecular flexibility index (Phi) is 4.92. The van der Waals surface area contributed by atoms with Gasteiger partial charge in [-0.3, -0.25) is 4.79 Å². The van der Waals surface area contributed by atoms with Crippen LogP contribution in [0.2, 0.25) is 0 Å². The first-order valence-electron chi connectivity index (χ1n) is 8.35. The lowest BCUT2D eigenvalue weighted by Gasteiger charge is -2.30. The number of rotatable bonds is 3. The zero-order chi connectivity index (χ0) is 17.3. The van der Waals surface area contributed by atoms with Crippen LogP contribution in [0.4, 0.5) is 4.39 Å². The Labute approximate surface area is 142 Å². The van der Waals surface area contributed by atoms with E-state index in [0.717, 1.165) is 38.1 Å². The molecule has 5 nitrogen and oxygen atoms in total. The predicted octanol–water partition coefficient (Wildman–Crippen LogP) is 1.54. The van der Waals surface area contributed by atoms with Crippen LogP contribution in [0.3, 0.4) is 0 Å². The third-order valence-electron chi connectivity index (χ3n) is 5.11. The topological polar surface area (TPSA) is 57.7 Å². The summed E-state index contributed by atoms with van der Waals surface area (Å²) in [7, 11) is -1.49. The number of nitrogens with zero attached hydrogens (tertiary/aromatic N) is 2. The smallest absolute Gasteiger partial charge is 0.225 e. The molecular formula is C17H23FN2O3S. The van der Waals surface area contributed by atoms with Gasteiger partial charge in [-0.25, -0.2) is 12.8 Å². The molecule has 1 aromatic carbocycles. The summed E-state index contributed by atoms with van der Waals surface area (Å²) < 4.78 is 38.3. The van der Waals surface area contributed by atoms with Crippen molar-refractivity contribution in [2.75, 3.05) is 33.2 Å². The number of hydrogen-bond donors (Lipinski definition) is 0. The van der Waals surface area contributed by atoms with E-state index in [9.17, 15) is 17.6 Å². The Bertz CT molecular complexity index is 697. The van der Waals surface area contributed by atoms with Crippen molar-refractivity contribution in [1.82, 2.24) is 9.80 Å². The highest BCUT2D eigenvalue weighted by Crippen LogP contribution is 2.27. The average molecular weight is 354 g/mol. The minimum atomic E-state index is -3.53. The van der Waals surface area contributed by atoms with E-state index in [2.05, 4.69) is 4.90 Å². The summed E-state index contributed by atoms with van der Waals surface area (Å²) in [6, 6.07) is 4.91. The summed E-state index contributed by atoms with van der Waals surface area (Å²) in [5.41, 5.74) is 0. The Morgan fingerprint density at radius 3 is 2.33 bits per heavy atom. The maximum Gasteiger partial charge on any atom is 0.225 e. The van der Waals surface area contributed by atoms with E-state index >= 15 is 0 Å². The van der Waals surface area contributed by atoms with E-state index < -0.39 is 20.9 Å². The molecule has 1 atom stereocenters. The lowest BCUT2D eigenvalue weighted by Crippen LogP contribution is -2.41. The van der Waals surface area contributed by atoms with Gasteiger partial charge in [-0.2, -0.15) is 0 Å². The van der Waals surface area contributed by atoms with Crippen molar-refractivity contribution >= 4 is 15.7 Å². The molecule has 1 amide bonds. The summed E-state index contributed by atoms with van der Waals surface area (Å²) in [5.74, 6) is -0.368. The van der Waals surface area contributed by atoms with Gasteiger partial charge in [0.25, 0.3) is 0 Å². The van der Waals surface area contributed by atoms with Crippen LogP contribution in [0.15, 0.2) is 29.2 Å². The monoisotopic (exact) mass is 354 g/mol. The molecule has 0 saturated carbocycles. The average Bonchev–Trinajstić information content (AvgIpc) is 3.06. The van der Waals surface area contributed by atoms with Crippen molar-refractivity contribution in [3.63, 3.8) is 0 Å². The molecule has 2 heterocycles. The Morgan fingerprint density at radius 2 is 1.71 bits per heavy atom. The zero-order valence-corrected chi connectivity index (χ0v) is 14.6. The predicted molar refractivity (Wildman–Crippen MR) is 88.8 cm³/mol. The molecule has 0 spiro atoms. The summed E-state index contributed by atoms with van der Waals surface area (Å²) in [5, 5.41) is -0.599. The minimum Gasteiger partial charge on any atom is -0.341 e. The first kappa shape index (κ1) is 17.4. The largest absolute Gasteiger partial charge is 0.341 e. The van der Waals surface area contributed by atoms with Gasteiger partial charge in [0.05, 0.1) is 10.1 Å². The van der Waals surface area contributed by atoms with Crippen molar-refractivity contribution in [2.24, 2.45) is 5.92 Å². The molecule has 2 saturated heterocycles. The Morgan fingerprint density at radius 1 is 1.08 bits per heavy atom. The Hall–Kier alpha value is -1.47. The van der Waals surface area contributed by atoms with Crippen molar-refractivity contribution in [3.8, 4) is 0 Å². The molecule has 2 aliphatic heterocycles. The third kappa shape index (κ3) is 3.47. The normalized spacial score (nSPS) is 23.6. The van der Waals surface area contributed by atoms with Gasteiger partial charge in [-0.05, 0) is 63.7 Å². The molecule has 0 radical (unpaired) electrons. The molecule has 0 aromatic heterocycles. The molecule has 7 heteroatoms. The number of halogens is 1. The van der Waals surface area contributed by atoms with Crippen molar-refractivity contribution in [3.05, 3.63) is 30.1 Å². The van der Waals surface area contributed by atoms with Gasteiger partial charge in [-0.1, -0.05) is 0 Å². The second-order valence-corrected chi connectivity index (χ2v) is 9.00. The highest BCUT2D eigenvalue weighted by atomic mass is 32.2. The molecule has 0 N–H and O–H groups in total. The van der Waals surface area contributed by atoms with Crippen molar-refractivity contribution in [1.29, 1.82) is 0 Å². The fraction of sp³-hybridized carbons (Fsp3) is 0.588. The van der Waals surface area contributed by atoms with Gasteiger partial charge in [0.2, 0.25) is 5.91 Å². The van der Waals surface area contributed by atoms with Crippen molar-refractivity contribution < 1.29 is 17.6 Å². The minimum absolute atomic E-state index is 0.00785. The van der Waals surface area contributed by atoms with E-state index in [4.69, 9.17) is 0 Å². The van der Waals surface area contributed by atoms with Gasteiger partial charge < -0.3 is 9.80 Å². The second kappa shape index (κ2) is 6.80. The fourth-order valence-electron chi connectivity index (χ4n) is 3.51. The van der Waals surface area contributed by atoms with E-state index in [1.54, 1.807) is 4.90 Å². The first-order valence-corrected chi connectivity index (χ1v) is 9.89. The molecule has 24 heavy (non-hydrogen) atoms. The number of carbonyl (C=O) groups is 1. The number of piperidine rings is 1. The fourth-order valence-corrected chi connectivity index (χ4v) is 5.20. The zero-order valence-electron chi connectivity index (χ0n) is 13.8. The second-order valence-electron chi connectivity index (χ2n) is 6.77. The van der Waals surface area contributed by atoms with E-state index in [1.165, 1.54) is 12.1 Å². The summed E-state index contributed by atoms with van der Waals surface area (Å²) in [4.78, 5) is 16.7. The quantitative estimate of drug-likeness (QED) is 0.773. The number of sulfone groups is 1. The van der Waals surface area contributed by atoms with Crippen LogP contribution < -0.4 is 0 Å². The molecule has 132 valence electrons. The number of likely N-dealkylation sites (tertiary alicyclic amines) is 2. The van der Waals surface area contributed by atoms with Crippen LogP contribution in [0, 0.1) is 11.7 Å². The standard InChI is InChI=1S/C17H23FN2O3S/c1-19-9-6-13(7-10-19)17(21)20-11-8-16(12-20)24(22,23)15-4-2-14(18)3-5-15/h2-5,13,16H,6-12H2,1H3. The number of carbonyl (C=O) groups excluding carboxylic acids is 1. The lowest BCUT2D eigenvalue weighted by atomic mass is 9.96. The van der Waals surface area contributed by atoms with Crippen LogP contribution in [0.5, 0.6) is 0 Å². The molecule has 2 aliphatic rings. The first-order chi connectivity index (χ1) is 11.4. The van der Waals surface area contributed by atoms with Crippen LogP contribution >= 0.6 is 0 Å².